The summed E-state index contributed by atoms with van der Waals surface area (Å²) in [5.74, 6) is 0. The number of nitriles is 1. The first-order valence-corrected chi connectivity index (χ1v) is 6.57. The maximum absolute atomic E-state index is 10.2. The molecule has 0 heterocycles. The Kier molecular flexibility index (Phi) is 4.54. The first-order chi connectivity index (χ1) is 7.44. The summed E-state index contributed by atoms with van der Waals surface area (Å²) < 4.78 is 1.80. The Morgan fingerprint density at radius 2 is 2.06 bits per heavy atom. The van der Waals surface area contributed by atoms with E-state index < -0.39 is 11.5 Å². The molecule has 1 aromatic carbocycles. The number of aliphatic hydroxyl groups excluding tert-OH is 1. The summed E-state index contributed by atoms with van der Waals surface area (Å²) in [5, 5.41) is 19.3. The monoisotopic (exact) mass is 345 g/mol. The molecule has 0 amide bonds. The molecule has 0 aromatic heterocycles. The van der Waals surface area contributed by atoms with Crippen molar-refractivity contribution in [1.82, 2.24) is 0 Å². The van der Waals surface area contributed by atoms with E-state index >= 15 is 0 Å². The Morgan fingerprint density at radius 3 is 2.50 bits per heavy atom. The zero-order valence-electron chi connectivity index (χ0n) is 9.17. The van der Waals surface area contributed by atoms with Crippen LogP contribution in [0.3, 0.4) is 0 Å². The van der Waals surface area contributed by atoms with Crippen molar-refractivity contribution in [2.45, 2.75) is 26.4 Å². The van der Waals surface area contributed by atoms with Gasteiger partial charge in [-0.3, -0.25) is 0 Å². The van der Waals surface area contributed by atoms with E-state index in [9.17, 15) is 5.11 Å². The van der Waals surface area contributed by atoms with Gasteiger partial charge in [-0.1, -0.05) is 13.0 Å². The minimum Gasteiger partial charge on any atom is -0.387 e. The number of nitrogens with zero attached hydrogens (tertiary/aromatic N) is 1. The van der Waals surface area contributed by atoms with E-state index in [1.54, 1.807) is 6.92 Å². The van der Waals surface area contributed by atoms with Crippen molar-refractivity contribution in [3.63, 3.8) is 0 Å². The zero-order valence-corrected chi connectivity index (χ0v) is 12.3. The molecule has 4 heteroatoms. The van der Waals surface area contributed by atoms with E-state index in [-0.39, 0.29) is 0 Å². The predicted octanol–water partition coefficient (Wildman–Crippen LogP) is 4.18. The third kappa shape index (κ3) is 2.65. The lowest BCUT2D eigenvalue weighted by Crippen LogP contribution is -2.22. The number of benzene rings is 1. The van der Waals surface area contributed by atoms with Gasteiger partial charge in [-0.25, -0.2) is 0 Å². The lowest BCUT2D eigenvalue weighted by molar-refractivity contribution is 0.0721. The second kappa shape index (κ2) is 5.31. The Bertz CT molecular complexity index is 428. The van der Waals surface area contributed by atoms with Gasteiger partial charge in [0.25, 0.3) is 0 Å². The molecule has 2 unspecified atom stereocenters. The van der Waals surface area contributed by atoms with Gasteiger partial charge in [-0.05, 0) is 62.9 Å². The largest absolute Gasteiger partial charge is 0.387 e. The van der Waals surface area contributed by atoms with Crippen LogP contribution in [0.15, 0.2) is 27.1 Å². The summed E-state index contributed by atoms with van der Waals surface area (Å²) in [6, 6.07) is 7.70. The van der Waals surface area contributed by atoms with E-state index in [0.29, 0.717) is 6.42 Å². The number of rotatable bonds is 3. The molecule has 2 nitrogen and oxygen atoms in total. The van der Waals surface area contributed by atoms with E-state index in [1.807, 2.05) is 25.1 Å². The molecule has 1 aromatic rings. The molecule has 0 aliphatic rings. The fraction of sp³-hybridized carbons (Fsp3) is 0.417. The van der Waals surface area contributed by atoms with Gasteiger partial charge in [0, 0.05) is 8.95 Å². The Balaban J connectivity index is 3.10. The molecule has 0 aliphatic carbocycles. The van der Waals surface area contributed by atoms with Crippen molar-refractivity contribution in [3.05, 3.63) is 32.7 Å². The maximum atomic E-state index is 10.2. The summed E-state index contributed by atoms with van der Waals surface area (Å²) >= 11 is 6.75. The standard InChI is InChI=1S/C12H13Br2NO/c1-3-12(2,7-15)11(16)8-4-5-9(13)10(14)6-8/h4-6,11,16H,3H2,1-2H3. The summed E-state index contributed by atoms with van der Waals surface area (Å²) in [7, 11) is 0. The summed E-state index contributed by atoms with van der Waals surface area (Å²) in [5.41, 5.74) is 0.00811. The van der Waals surface area contributed by atoms with Crippen molar-refractivity contribution < 1.29 is 5.11 Å². The van der Waals surface area contributed by atoms with Gasteiger partial charge in [-0.15, -0.1) is 0 Å². The van der Waals surface area contributed by atoms with Crippen LogP contribution in [0.5, 0.6) is 0 Å². The van der Waals surface area contributed by atoms with Crippen LogP contribution in [0.2, 0.25) is 0 Å². The van der Waals surface area contributed by atoms with E-state index in [4.69, 9.17) is 5.26 Å². The highest BCUT2D eigenvalue weighted by molar-refractivity contribution is 9.13. The van der Waals surface area contributed by atoms with Gasteiger partial charge in [0.1, 0.15) is 0 Å². The van der Waals surface area contributed by atoms with Crippen LogP contribution >= 0.6 is 31.9 Å². The average Bonchev–Trinajstić information content (AvgIpc) is 2.30. The van der Waals surface area contributed by atoms with Crippen molar-refractivity contribution in [3.8, 4) is 6.07 Å². The van der Waals surface area contributed by atoms with E-state index in [0.717, 1.165) is 14.5 Å². The molecular formula is C12H13Br2NO. The van der Waals surface area contributed by atoms with E-state index in [2.05, 4.69) is 37.9 Å². The average molecular weight is 347 g/mol. The molecule has 0 radical (unpaired) electrons. The summed E-state index contributed by atoms with van der Waals surface area (Å²) in [6.45, 7) is 3.67. The van der Waals surface area contributed by atoms with Gasteiger partial charge in [0.2, 0.25) is 0 Å². The third-order valence-electron chi connectivity index (χ3n) is 2.85. The third-order valence-corrected chi connectivity index (χ3v) is 4.73. The Labute approximate surface area is 113 Å². The van der Waals surface area contributed by atoms with E-state index in [1.165, 1.54) is 0 Å². The molecule has 1 rings (SSSR count). The number of halogens is 2. The van der Waals surface area contributed by atoms with Crippen molar-refractivity contribution in [1.29, 1.82) is 5.26 Å². The minimum atomic E-state index is -0.771. The highest BCUT2D eigenvalue weighted by atomic mass is 79.9. The zero-order chi connectivity index (χ0) is 12.3. The summed E-state index contributed by atoms with van der Waals surface area (Å²) in [6.07, 6.45) is -0.162. The normalized spacial score (nSPS) is 16.2. The molecule has 0 saturated heterocycles. The second-order valence-corrected chi connectivity index (χ2v) is 5.67. The summed E-state index contributed by atoms with van der Waals surface area (Å²) in [4.78, 5) is 0. The van der Waals surface area contributed by atoms with Crippen LogP contribution in [-0.2, 0) is 0 Å². The first-order valence-electron chi connectivity index (χ1n) is 4.99. The molecule has 86 valence electrons. The lowest BCUT2D eigenvalue weighted by atomic mass is 9.80. The van der Waals surface area contributed by atoms with Crippen molar-refractivity contribution in [2.24, 2.45) is 5.41 Å². The molecule has 0 spiro atoms. The lowest BCUT2D eigenvalue weighted by Gasteiger charge is -2.26. The quantitative estimate of drug-likeness (QED) is 0.891. The molecule has 1 N–H and O–H groups in total. The molecule has 0 aliphatic heterocycles. The number of aliphatic hydroxyl groups is 1. The molecule has 0 fully saturated rings. The van der Waals surface area contributed by atoms with Crippen LogP contribution in [-0.4, -0.2) is 5.11 Å². The number of hydrogen-bond donors (Lipinski definition) is 1. The molecule has 16 heavy (non-hydrogen) atoms. The van der Waals surface area contributed by atoms with Gasteiger partial charge >= 0.3 is 0 Å². The Hall–Kier alpha value is -0.370. The second-order valence-electron chi connectivity index (χ2n) is 3.96. The van der Waals surface area contributed by atoms with Gasteiger partial charge < -0.3 is 5.11 Å². The van der Waals surface area contributed by atoms with Crippen LogP contribution in [0.4, 0.5) is 0 Å². The van der Waals surface area contributed by atoms with Crippen LogP contribution < -0.4 is 0 Å². The first kappa shape index (κ1) is 13.7. The van der Waals surface area contributed by atoms with Gasteiger partial charge in [0.05, 0.1) is 17.6 Å². The minimum absolute atomic E-state index is 0.609. The fourth-order valence-electron chi connectivity index (χ4n) is 1.38. The molecule has 2 atom stereocenters. The predicted molar refractivity (Wildman–Crippen MR) is 70.8 cm³/mol. The topological polar surface area (TPSA) is 44.0 Å². The SMILES string of the molecule is CCC(C)(C#N)C(O)c1ccc(Br)c(Br)c1. The fourth-order valence-corrected chi connectivity index (χ4v) is 2.03. The highest BCUT2D eigenvalue weighted by Gasteiger charge is 2.32. The highest BCUT2D eigenvalue weighted by Crippen LogP contribution is 2.37. The molecule has 0 saturated carbocycles. The van der Waals surface area contributed by atoms with Gasteiger partial charge in [0.15, 0.2) is 0 Å². The smallest absolute Gasteiger partial charge is 0.0973 e. The van der Waals surface area contributed by atoms with Crippen LogP contribution in [0.1, 0.15) is 31.9 Å². The number of hydrogen-bond acceptors (Lipinski definition) is 2. The maximum Gasteiger partial charge on any atom is 0.0973 e. The van der Waals surface area contributed by atoms with Crippen LogP contribution in [0.25, 0.3) is 0 Å². The Morgan fingerprint density at radius 1 is 1.44 bits per heavy atom. The van der Waals surface area contributed by atoms with Gasteiger partial charge in [-0.2, -0.15) is 5.26 Å². The molecular weight excluding hydrogens is 334 g/mol. The van der Waals surface area contributed by atoms with Crippen molar-refractivity contribution in [2.75, 3.05) is 0 Å². The van der Waals surface area contributed by atoms with Crippen LogP contribution in [0, 0.1) is 16.7 Å². The molecule has 0 bridgehead atoms. The van der Waals surface area contributed by atoms with Crippen molar-refractivity contribution >= 4 is 31.9 Å².